The van der Waals surface area contributed by atoms with E-state index in [2.05, 4.69) is 21.1 Å². The van der Waals surface area contributed by atoms with E-state index in [1.165, 1.54) is 0 Å². The number of carbonyl (C=O) groups excluding carboxylic acids is 2. The average Bonchev–Trinajstić information content (AvgIpc) is 2.99. The largest absolute Gasteiger partial charge is 0.273 e. The summed E-state index contributed by atoms with van der Waals surface area (Å²) in [6.07, 6.45) is 0.498. The van der Waals surface area contributed by atoms with Crippen LogP contribution in [0, 0.1) is 0 Å². The quantitative estimate of drug-likeness (QED) is 0.188. The molecule has 2 N–H and O–H groups in total. The summed E-state index contributed by atoms with van der Waals surface area (Å²) in [5.41, 5.74) is 10.4. The fraction of sp³-hybridized carbons (Fsp3) is 0.118. The summed E-state index contributed by atoms with van der Waals surface area (Å²) in [5, 5.41) is 12.9. The first-order valence-electron chi connectivity index (χ1n) is 13.2. The number of hydrogen-bond acceptors (Lipinski definition) is 4. The molecule has 0 atom stereocenters. The number of hydrazone groups is 2. The van der Waals surface area contributed by atoms with Crippen LogP contribution < -0.4 is 10.9 Å². The van der Waals surface area contributed by atoms with Crippen molar-refractivity contribution >= 4 is 44.8 Å². The molecule has 0 radical (unpaired) electrons. The highest BCUT2D eigenvalue weighted by atomic mass is 16.2. The molecule has 0 aromatic heterocycles. The van der Waals surface area contributed by atoms with Gasteiger partial charge in [-0.25, -0.2) is 10.9 Å². The first-order chi connectivity index (χ1) is 19.5. The zero-order valence-corrected chi connectivity index (χ0v) is 22.5. The molecule has 40 heavy (non-hydrogen) atoms. The minimum atomic E-state index is -0.172. The van der Waals surface area contributed by atoms with Gasteiger partial charge in [-0.05, 0) is 57.6 Å². The van der Waals surface area contributed by atoms with Gasteiger partial charge in [-0.1, -0.05) is 109 Å². The number of amides is 2. The van der Waals surface area contributed by atoms with E-state index in [9.17, 15) is 9.59 Å². The maximum absolute atomic E-state index is 12.6. The summed E-state index contributed by atoms with van der Waals surface area (Å²) >= 11 is 0. The normalized spacial score (nSPS) is 11.9. The van der Waals surface area contributed by atoms with Crippen LogP contribution in [0.25, 0.3) is 21.5 Å². The molecule has 6 heteroatoms. The highest BCUT2D eigenvalue weighted by molar-refractivity contribution is 6.03. The molecule has 198 valence electrons. The van der Waals surface area contributed by atoms with Crippen molar-refractivity contribution in [3.8, 4) is 0 Å². The molecule has 5 rings (SSSR count). The van der Waals surface area contributed by atoms with Crippen molar-refractivity contribution in [2.75, 3.05) is 0 Å². The van der Waals surface area contributed by atoms with Crippen LogP contribution in [0.2, 0.25) is 0 Å². The van der Waals surface area contributed by atoms with E-state index in [1.54, 1.807) is 0 Å². The Morgan fingerprint density at radius 3 is 1.32 bits per heavy atom. The van der Waals surface area contributed by atoms with E-state index in [0.29, 0.717) is 11.4 Å². The number of benzene rings is 5. The van der Waals surface area contributed by atoms with Crippen LogP contribution in [0.3, 0.4) is 0 Å². The first-order valence-corrected chi connectivity index (χ1v) is 13.2. The van der Waals surface area contributed by atoms with E-state index >= 15 is 0 Å². The number of carbonyl (C=O) groups is 2. The standard InChI is InChI=1S/C34H30N4O2/c1-23(35-37-33(39)21-29-13-7-11-27-9-3-5-15-31(27)29)25-17-19-26(20-18-25)24(2)36-38-34(40)22-30-14-8-12-28-10-4-6-16-32(28)30/h3-20H,21-22H2,1-2H3,(H,37,39)(H,38,40)/b35-23+,36-24+. The fourth-order valence-corrected chi connectivity index (χ4v) is 4.69. The molecule has 6 nitrogen and oxygen atoms in total. The number of nitrogens with zero attached hydrogens (tertiary/aromatic N) is 2. The number of hydrogen-bond donors (Lipinski definition) is 2. The van der Waals surface area contributed by atoms with Crippen molar-refractivity contribution in [3.05, 3.63) is 131 Å². The molecule has 5 aromatic carbocycles. The van der Waals surface area contributed by atoms with Crippen LogP contribution >= 0.6 is 0 Å². The number of nitrogens with one attached hydrogen (secondary N) is 2. The molecule has 2 amide bonds. The lowest BCUT2D eigenvalue weighted by Gasteiger charge is -2.08. The summed E-state index contributed by atoms with van der Waals surface area (Å²) < 4.78 is 0. The Morgan fingerprint density at radius 2 is 0.900 bits per heavy atom. The molecule has 0 heterocycles. The third-order valence-corrected chi connectivity index (χ3v) is 6.88. The molecular formula is C34H30N4O2. The van der Waals surface area contributed by atoms with Crippen LogP contribution in [-0.4, -0.2) is 23.2 Å². The van der Waals surface area contributed by atoms with Gasteiger partial charge in [0.15, 0.2) is 0 Å². The van der Waals surface area contributed by atoms with Crippen molar-refractivity contribution in [2.45, 2.75) is 26.7 Å². The summed E-state index contributed by atoms with van der Waals surface area (Å²) in [6, 6.07) is 35.6. The lowest BCUT2D eigenvalue weighted by Crippen LogP contribution is -2.21. The summed E-state index contributed by atoms with van der Waals surface area (Å²) in [7, 11) is 0. The second kappa shape index (κ2) is 12.2. The fourth-order valence-electron chi connectivity index (χ4n) is 4.69. The van der Waals surface area contributed by atoms with Crippen LogP contribution in [0.15, 0.2) is 119 Å². The van der Waals surface area contributed by atoms with E-state index < -0.39 is 0 Å². The third-order valence-electron chi connectivity index (χ3n) is 6.88. The summed E-state index contributed by atoms with van der Waals surface area (Å²) in [6.45, 7) is 3.70. The molecule has 0 unspecified atom stereocenters. The lowest BCUT2D eigenvalue weighted by atomic mass is 10.0. The third kappa shape index (κ3) is 6.30. The highest BCUT2D eigenvalue weighted by Crippen LogP contribution is 2.20. The number of fused-ring (bicyclic) bond motifs is 2. The molecule has 0 fully saturated rings. The Balaban J connectivity index is 1.17. The van der Waals surface area contributed by atoms with Crippen molar-refractivity contribution in [2.24, 2.45) is 10.2 Å². The molecule has 0 saturated carbocycles. The number of rotatable bonds is 8. The zero-order valence-electron chi connectivity index (χ0n) is 22.5. The predicted octanol–water partition coefficient (Wildman–Crippen LogP) is 6.16. The van der Waals surface area contributed by atoms with Gasteiger partial charge in [-0.15, -0.1) is 0 Å². The Hall–Kier alpha value is -5.10. The van der Waals surface area contributed by atoms with Gasteiger partial charge in [-0.2, -0.15) is 10.2 Å². The summed E-state index contributed by atoms with van der Waals surface area (Å²) in [4.78, 5) is 25.1. The van der Waals surface area contributed by atoms with Crippen LogP contribution in [0.5, 0.6) is 0 Å². The van der Waals surface area contributed by atoms with Gasteiger partial charge in [0.2, 0.25) is 11.8 Å². The Labute approximate surface area is 233 Å². The maximum atomic E-state index is 12.6. The molecule has 0 aliphatic rings. The Kier molecular flexibility index (Phi) is 8.07. The second-order valence-electron chi connectivity index (χ2n) is 9.67. The average molecular weight is 527 g/mol. The minimum Gasteiger partial charge on any atom is -0.273 e. The van der Waals surface area contributed by atoms with Crippen LogP contribution in [-0.2, 0) is 22.4 Å². The van der Waals surface area contributed by atoms with Crippen molar-refractivity contribution in [1.82, 2.24) is 10.9 Å². The molecule has 5 aromatic rings. The van der Waals surface area contributed by atoms with E-state index in [4.69, 9.17) is 0 Å². The first kappa shape index (κ1) is 26.5. The molecule has 0 aliphatic heterocycles. The molecule has 0 bridgehead atoms. The molecule has 0 aliphatic carbocycles. The SMILES string of the molecule is C/C(=N\NC(=O)Cc1cccc2ccccc12)c1ccc(/C(C)=N/NC(=O)Cc2cccc3ccccc23)cc1. The summed E-state index contributed by atoms with van der Waals surface area (Å²) in [5.74, 6) is -0.343. The van der Waals surface area contributed by atoms with E-state index in [1.807, 2.05) is 123 Å². The predicted molar refractivity (Wildman–Crippen MR) is 162 cm³/mol. The molecular weight excluding hydrogens is 496 g/mol. The van der Waals surface area contributed by atoms with E-state index in [0.717, 1.165) is 43.8 Å². The second-order valence-corrected chi connectivity index (χ2v) is 9.67. The van der Waals surface area contributed by atoms with Crippen molar-refractivity contribution in [1.29, 1.82) is 0 Å². The van der Waals surface area contributed by atoms with Gasteiger partial charge in [0.1, 0.15) is 0 Å². The maximum Gasteiger partial charge on any atom is 0.244 e. The van der Waals surface area contributed by atoms with Gasteiger partial charge < -0.3 is 0 Å². The zero-order chi connectivity index (χ0) is 27.9. The Morgan fingerprint density at radius 1 is 0.525 bits per heavy atom. The highest BCUT2D eigenvalue weighted by Gasteiger charge is 2.09. The molecule has 0 saturated heterocycles. The topological polar surface area (TPSA) is 82.9 Å². The smallest absolute Gasteiger partial charge is 0.244 e. The van der Waals surface area contributed by atoms with Gasteiger partial charge in [0.05, 0.1) is 24.3 Å². The van der Waals surface area contributed by atoms with Gasteiger partial charge in [-0.3, -0.25) is 9.59 Å². The van der Waals surface area contributed by atoms with Gasteiger partial charge in [0, 0.05) is 0 Å². The van der Waals surface area contributed by atoms with E-state index in [-0.39, 0.29) is 24.7 Å². The van der Waals surface area contributed by atoms with Crippen LogP contribution in [0.4, 0.5) is 0 Å². The Bertz CT molecular complexity index is 1610. The van der Waals surface area contributed by atoms with Gasteiger partial charge >= 0.3 is 0 Å². The minimum absolute atomic E-state index is 0.172. The molecule has 0 spiro atoms. The van der Waals surface area contributed by atoms with Gasteiger partial charge in [0.25, 0.3) is 0 Å². The lowest BCUT2D eigenvalue weighted by molar-refractivity contribution is -0.121. The monoisotopic (exact) mass is 526 g/mol. The van der Waals surface area contributed by atoms with Crippen molar-refractivity contribution < 1.29 is 9.59 Å². The van der Waals surface area contributed by atoms with Crippen LogP contribution in [0.1, 0.15) is 36.1 Å². The van der Waals surface area contributed by atoms with Crippen molar-refractivity contribution in [3.63, 3.8) is 0 Å².